The Morgan fingerprint density at radius 3 is 2.59 bits per heavy atom. The highest BCUT2D eigenvalue weighted by molar-refractivity contribution is 6.09. The molecule has 0 aliphatic carbocycles. The molecule has 0 unspecified atom stereocenters. The summed E-state index contributed by atoms with van der Waals surface area (Å²) >= 11 is 0. The topological polar surface area (TPSA) is 50.4 Å². The maximum absolute atomic E-state index is 10.3. The molecule has 0 radical (unpaired) electrons. The van der Waals surface area contributed by atoms with Gasteiger partial charge in [0.25, 0.3) is 0 Å². The quantitative estimate of drug-likeness (QED) is 0.648. The van der Waals surface area contributed by atoms with Gasteiger partial charge >= 0.3 is 0 Å². The fourth-order valence-corrected chi connectivity index (χ4v) is 2.01. The van der Waals surface area contributed by atoms with Crippen molar-refractivity contribution in [2.75, 3.05) is 18.9 Å². The van der Waals surface area contributed by atoms with Gasteiger partial charge in [-0.15, -0.1) is 12.8 Å². The van der Waals surface area contributed by atoms with Gasteiger partial charge in [-0.3, -0.25) is 4.99 Å². The first-order chi connectivity index (χ1) is 10.6. The molecule has 0 fully saturated rings. The second-order valence-corrected chi connectivity index (χ2v) is 4.43. The lowest BCUT2D eigenvalue weighted by molar-refractivity contribution is 0.171. The van der Waals surface area contributed by atoms with Crippen LogP contribution in [0.3, 0.4) is 0 Å². The molecule has 3 N–H and O–H groups in total. The Hall–Kier alpha value is -2.35. The molecule has 5 heteroatoms. The second-order valence-electron chi connectivity index (χ2n) is 4.43. The van der Waals surface area contributed by atoms with Crippen molar-refractivity contribution in [3.63, 3.8) is 0 Å². The van der Waals surface area contributed by atoms with Gasteiger partial charge in [0.15, 0.2) is 0 Å². The van der Waals surface area contributed by atoms with E-state index in [9.17, 15) is 8.78 Å². The molecule has 1 aliphatic heterocycles. The van der Waals surface area contributed by atoms with E-state index in [1.807, 2.05) is 0 Å². The molecule has 0 spiro atoms. The van der Waals surface area contributed by atoms with Gasteiger partial charge in [0, 0.05) is 37.3 Å². The van der Waals surface area contributed by atoms with Gasteiger partial charge in [-0.25, -0.2) is 8.78 Å². The average molecular weight is 307 g/mol. The minimum absolute atomic E-state index is 0.833. The summed E-state index contributed by atoms with van der Waals surface area (Å²) in [6, 6.07) is 6.40. The SMILES string of the molecule is C#C.CC(F)F.CN=C/C(=C\N)c1ccc2c(c1)CCCN2. The van der Waals surface area contributed by atoms with E-state index in [-0.39, 0.29) is 0 Å². The molecule has 1 aromatic rings. The monoisotopic (exact) mass is 307 g/mol. The van der Waals surface area contributed by atoms with Gasteiger partial charge in [-0.1, -0.05) is 6.07 Å². The van der Waals surface area contributed by atoms with Gasteiger partial charge in [0.2, 0.25) is 6.43 Å². The van der Waals surface area contributed by atoms with Crippen molar-refractivity contribution in [1.82, 2.24) is 0 Å². The van der Waals surface area contributed by atoms with Gasteiger partial charge in [0.1, 0.15) is 0 Å². The predicted octanol–water partition coefficient (Wildman–Crippen LogP) is 3.57. The standard InChI is InChI=1S/C13H17N3.C2H4F2.C2H2/c1-15-9-12(8-14)10-4-5-13-11(7-10)3-2-6-16-13;1-2(3)4;1-2/h4-5,7-9,16H,2-3,6,14H2,1H3;2H,1H3;1-2H/b12-8+,15-9?;;. The second kappa shape index (κ2) is 11.3. The first-order valence-corrected chi connectivity index (χ1v) is 6.91. The third kappa shape index (κ3) is 6.89. The van der Waals surface area contributed by atoms with Crippen LogP contribution in [0.1, 0.15) is 24.5 Å². The number of terminal acetylenes is 1. The van der Waals surface area contributed by atoms with Crippen molar-refractivity contribution in [1.29, 1.82) is 0 Å². The summed E-state index contributed by atoms with van der Waals surface area (Å²) in [4.78, 5) is 4.01. The van der Waals surface area contributed by atoms with Crippen LogP contribution in [-0.2, 0) is 6.42 Å². The largest absolute Gasteiger partial charge is 0.404 e. The maximum atomic E-state index is 10.3. The number of aliphatic imine (C=N–C) groups is 1. The third-order valence-electron chi connectivity index (χ3n) is 2.82. The van der Waals surface area contributed by atoms with E-state index in [0.717, 1.165) is 31.0 Å². The number of hydrogen-bond acceptors (Lipinski definition) is 3. The summed E-state index contributed by atoms with van der Waals surface area (Å²) in [5.74, 6) is 0. The third-order valence-corrected chi connectivity index (χ3v) is 2.82. The number of nitrogens with zero attached hydrogens (tertiary/aromatic N) is 1. The number of rotatable bonds is 2. The zero-order valence-electron chi connectivity index (χ0n) is 13.0. The lowest BCUT2D eigenvalue weighted by Crippen LogP contribution is -2.11. The lowest BCUT2D eigenvalue weighted by atomic mass is 9.98. The molecule has 0 saturated carbocycles. The van der Waals surface area contributed by atoms with Gasteiger partial charge < -0.3 is 11.1 Å². The molecule has 1 heterocycles. The molecule has 0 amide bonds. The van der Waals surface area contributed by atoms with E-state index in [1.54, 1.807) is 19.5 Å². The van der Waals surface area contributed by atoms with E-state index in [2.05, 4.69) is 41.4 Å². The summed E-state index contributed by atoms with van der Waals surface area (Å²) in [6.45, 7) is 1.91. The van der Waals surface area contributed by atoms with Crippen molar-refractivity contribution in [3.8, 4) is 12.8 Å². The smallest absolute Gasteiger partial charge is 0.235 e. The summed E-state index contributed by atoms with van der Waals surface area (Å²) in [5, 5.41) is 3.39. The number of allylic oxidation sites excluding steroid dienone is 1. The highest BCUT2D eigenvalue weighted by Gasteiger charge is 2.09. The Bertz CT molecular complexity index is 517. The summed E-state index contributed by atoms with van der Waals surface area (Å²) in [7, 11) is 1.75. The molecule has 120 valence electrons. The molecule has 0 saturated heterocycles. The number of aryl methyl sites for hydroxylation is 1. The lowest BCUT2D eigenvalue weighted by Gasteiger charge is -2.18. The zero-order chi connectivity index (χ0) is 17.0. The van der Waals surface area contributed by atoms with E-state index < -0.39 is 6.43 Å². The molecule has 1 aromatic carbocycles. The van der Waals surface area contributed by atoms with Crippen LogP contribution >= 0.6 is 0 Å². The van der Waals surface area contributed by atoms with E-state index in [0.29, 0.717) is 0 Å². The van der Waals surface area contributed by atoms with E-state index >= 15 is 0 Å². The molecule has 0 aromatic heterocycles. The van der Waals surface area contributed by atoms with Gasteiger partial charge in [-0.05, 0) is 43.0 Å². The number of fused-ring (bicyclic) bond motifs is 1. The Labute approximate surface area is 131 Å². The van der Waals surface area contributed by atoms with E-state index in [1.165, 1.54) is 17.7 Å². The molecule has 3 nitrogen and oxygen atoms in total. The number of benzene rings is 1. The normalized spacial score (nSPS) is 13.3. The number of halogens is 2. The minimum atomic E-state index is -2.17. The molecule has 0 bridgehead atoms. The zero-order valence-corrected chi connectivity index (χ0v) is 13.0. The van der Waals surface area contributed by atoms with Crippen molar-refractivity contribution in [3.05, 3.63) is 35.5 Å². The average Bonchev–Trinajstić information content (AvgIpc) is 2.53. The van der Waals surface area contributed by atoms with Crippen molar-refractivity contribution >= 4 is 17.5 Å². The van der Waals surface area contributed by atoms with Crippen LogP contribution in [0.2, 0.25) is 0 Å². The number of alkyl halides is 2. The first-order valence-electron chi connectivity index (χ1n) is 6.91. The molecule has 22 heavy (non-hydrogen) atoms. The predicted molar refractivity (Wildman–Crippen MR) is 91.4 cm³/mol. The highest BCUT2D eigenvalue weighted by Crippen LogP contribution is 2.25. The van der Waals surface area contributed by atoms with Gasteiger partial charge in [0.05, 0.1) is 0 Å². The van der Waals surface area contributed by atoms with Crippen LogP contribution < -0.4 is 11.1 Å². The number of hydrogen-bond donors (Lipinski definition) is 2. The summed E-state index contributed by atoms with van der Waals surface area (Å²) in [6.07, 6.45) is 11.6. The van der Waals surface area contributed by atoms with Crippen molar-refractivity contribution in [2.45, 2.75) is 26.2 Å². The minimum Gasteiger partial charge on any atom is -0.404 e. The Kier molecular flexibility index (Phi) is 10.1. The molecular formula is C17H23F2N3. The number of anilines is 1. The summed E-state index contributed by atoms with van der Waals surface area (Å²) < 4.78 is 20.7. The van der Waals surface area contributed by atoms with Crippen molar-refractivity contribution in [2.24, 2.45) is 10.7 Å². The fraction of sp³-hybridized carbons (Fsp3) is 0.353. The first kappa shape index (κ1) is 19.7. The number of nitrogens with one attached hydrogen (secondary N) is 1. The Morgan fingerprint density at radius 1 is 1.41 bits per heavy atom. The van der Waals surface area contributed by atoms with E-state index in [4.69, 9.17) is 5.73 Å². The maximum Gasteiger partial charge on any atom is 0.235 e. The van der Waals surface area contributed by atoms with Crippen LogP contribution in [0.5, 0.6) is 0 Å². The van der Waals surface area contributed by atoms with Crippen molar-refractivity contribution < 1.29 is 8.78 Å². The van der Waals surface area contributed by atoms with Gasteiger partial charge in [-0.2, -0.15) is 0 Å². The van der Waals surface area contributed by atoms with Crippen LogP contribution in [0, 0.1) is 12.8 Å². The highest BCUT2D eigenvalue weighted by atomic mass is 19.3. The summed E-state index contributed by atoms with van der Waals surface area (Å²) in [5.41, 5.74) is 10.3. The van der Waals surface area contributed by atoms with Crippen LogP contribution in [-0.4, -0.2) is 26.2 Å². The van der Waals surface area contributed by atoms with Crippen LogP contribution in [0.4, 0.5) is 14.5 Å². The van der Waals surface area contributed by atoms with Crippen LogP contribution in [0.25, 0.3) is 5.57 Å². The molecular weight excluding hydrogens is 284 g/mol. The fourth-order valence-electron chi connectivity index (χ4n) is 2.01. The molecule has 2 rings (SSSR count). The molecule has 0 atom stereocenters. The Morgan fingerprint density at radius 2 is 2.05 bits per heavy atom. The Balaban J connectivity index is 0.000000640. The molecule has 1 aliphatic rings. The number of nitrogens with two attached hydrogens (primary N) is 1. The van der Waals surface area contributed by atoms with Crippen LogP contribution in [0.15, 0.2) is 29.4 Å².